The molecule has 0 aliphatic carbocycles. The number of carbonyl (C=O) groups excluding carboxylic acids is 2. The monoisotopic (exact) mass is 587 g/mol. The first-order valence-corrected chi connectivity index (χ1v) is 15.3. The Morgan fingerprint density at radius 3 is 2.30 bits per heavy atom. The van der Waals surface area contributed by atoms with E-state index in [-0.39, 0.29) is 24.3 Å². The van der Waals surface area contributed by atoms with Gasteiger partial charge >= 0.3 is 0 Å². The van der Waals surface area contributed by atoms with Gasteiger partial charge in [-0.2, -0.15) is 0 Å². The maximum atomic E-state index is 13.5. The second-order valence-corrected chi connectivity index (χ2v) is 12.0. The molecule has 1 aliphatic rings. The molecule has 0 N–H and O–H groups in total. The van der Waals surface area contributed by atoms with E-state index in [0.717, 1.165) is 61.3 Å². The van der Waals surface area contributed by atoms with Gasteiger partial charge in [-0.05, 0) is 81.0 Å². The van der Waals surface area contributed by atoms with E-state index in [1.807, 2.05) is 67.6 Å². The molecule has 5 nitrogen and oxygen atoms in total. The van der Waals surface area contributed by atoms with E-state index >= 15 is 0 Å². The van der Waals surface area contributed by atoms with E-state index in [4.69, 9.17) is 9.47 Å². The summed E-state index contributed by atoms with van der Waals surface area (Å²) in [6.07, 6.45) is 1.80. The standard InChI is InChI=1S/C37H33NO4S/c1-24(2)29-17-15-25(3)21-34(29)41-20-19-38-36(39)35(43-37(38)40)22-32-31-14-7-5-10-27(31)16-18-33(32)42-23-28-12-8-11-26-9-4-6-13-30(26)28/h4-18,21-22,24H,19-20,23H2,1-3H3/b35-22-. The number of rotatable bonds is 9. The number of fused-ring (bicyclic) bond motifs is 2. The van der Waals surface area contributed by atoms with Crippen LogP contribution in [0.3, 0.4) is 0 Å². The predicted octanol–water partition coefficient (Wildman–Crippen LogP) is 9.12. The van der Waals surface area contributed by atoms with Crippen molar-refractivity contribution in [1.82, 2.24) is 4.90 Å². The van der Waals surface area contributed by atoms with Crippen molar-refractivity contribution >= 4 is 50.5 Å². The summed E-state index contributed by atoms with van der Waals surface area (Å²) >= 11 is 0.954. The van der Waals surface area contributed by atoms with Crippen molar-refractivity contribution in [3.63, 3.8) is 0 Å². The van der Waals surface area contributed by atoms with Crippen LogP contribution in [0.15, 0.2) is 102 Å². The normalized spacial score (nSPS) is 14.4. The molecule has 0 atom stereocenters. The van der Waals surface area contributed by atoms with Gasteiger partial charge in [-0.3, -0.25) is 14.5 Å². The minimum atomic E-state index is -0.320. The Balaban J connectivity index is 1.24. The number of hydrogen-bond donors (Lipinski definition) is 0. The molecule has 6 rings (SSSR count). The Bertz CT molecular complexity index is 1870. The van der Waals surface area contributed by atoms with Crippen molar-refractivity contribution in [2.24, 2.45) is 0 Å². The molecule has 0 spiro atoms. The van der Waals surface area contributed by atoms with Crippen LogP contribution in [0.2, 0.25) is 0 Å². The van der Waals surface area contributed by atoms with Crippen LogP contribution in [0.25, 0.3) is 27.6 Å². The van der Waals surface area contributed by atoms with Gasteiger partial charge in [0.1, 0.15) is 24.7 Å². The molecule has 6 heteroatoms. The Hall–Kier alpha value is -4.55. The third-order valence-corrected chi connectivity index (χ3v) is 8.61. The first-order valence-electron chi connectivity index (χ1n) is 14.5. The molecule has 0 bridgehead atoms. The van der Waals surface area contributed by atoms with Crippen molar-refractivity contribution in [2.75, 3.05) is 13.2 Å². The van der Waals surface area contributed by atoms with Crippen molar-refractivity contribution in [1.29, 1.82) is 0 Å². The van der Waals surface area contributed by atoms with Crippen LogP contribution in [0, 0.1) is 6.92 Å². The summed E-state index contributed by atoms with van der Waals surface area (Å²) < 4.78 is 12.5. The van der Waals surface area contributed by atoms with E-state index in [0.29, 0.717) is 23.2 Å². The lowest BCUT2D eigenvalue weighted by molar-refractivity contribution is -0.123. The van der Waals surface area contributed by atoms with Crippen molar-refractivity contribution in [3.05, 3.63) is 124 Å². The number of benzene rings is 5. The van der Waals surface area contributed by atoms with E-state index in [1.165, 1.54) is 4.90 Å². The number of nitrogens with zero attached hydrogens (tertiary/aromatic N) is 1. The van der Waals surface area contributed by atoms with Gasteiger partial charge in [-0.1, -0.05) is 98.8 Å². The van der Waals surface area contributed by atoms with Crippen LogP contribution in [0.4, 0.5) is 4.79 Å². The topological polar surface area (TPSA) is 55.8 Å². The summed E-state index contributed by atoms with van der Waals surface area (Å²) in [6, 6.07) is 32.5. The second-order valence-electron chi connectivity index (χ2n) is 11.0. The van der Waals surface area contributed by atoms with Crippen LogP contribution in [0.1, 0.15) is 42.0 Å². The summed E-state index contributed by atoms with van der Waals surface area (Å²) in [7, 11) is 0. The van der Waals surface area contributed by atoms with E-state index in [9.17, 15) is 9.59 Å². The number of carbonyl (C=O) groups is 2. The minimum Gasteiger partial charge on any atom is -0.491 e. The summed E-state index contributed by atoms with van der Waals surface area (Å²) in [6.45, 7) is 7.02. The molecule has 5 aromatic rings. The zero-order valence-corrected chi connectivity index (χ0v) is 25.3. The van der Waals surface area contributed by atoms with Crippen molar-refractivity contribution in [3.8, 4) is 11.5 Å². The van der Waals surface area contributed by atoms with Crippen LogP contribution in [-0.4, -0.2) is 29.2 Å². The average molecular weight is 588 g/mol. The van der Waals surface area contributed by atoms with Gasteiger partial charge in [0.25, 0.3) is 11.1 Å². The number of aryl methyl sites for hydroxylation is 1. The van der Waals surface area contributed by atoms with E-state index in [2.05, 4.69) is 50.2 Å². The fraction of sp³-hybridized carbons (Fsp3) is 0.189. The molecule has 0 radical (unpaired) electrons. The largest absolute Gasteiger partial charge is 0.491 e. The molecule has 43 heavy (non-hydrogen) atoms. The number of imide groups is 1. The molecular formula is C37H33NO4S. The van der Waals surface area contributed by atoms with Gasteiger partial charge in [-0.25, -0.2) is 0 Å². The fourth-order valence-electron chi connectivity index (χ4n) is 5.44. The first-order chi connectivity index (χ1) is 20.9. The highest BCUT2D eigenvalue weighted by Crippen LogP contribution is 2.37. The maximum absolute atomic E-state index is 13.5. The zero-order valence-electron chi connectivity index (χ0n) is 24.5. The van der Waals surface area contributed by atoms with E-state index < -0.39 is 0 Å². The maximum Gasteiger partial charge on any atom is 0.293 e. The zero-order chi connectivity index (χ0) is 29.9. The Labute approximate surface area is 256 Å². The summed E-state index contributed by atoms with van der Waals surface area (Å²) in [5.74, 6) is 1.43. The molecule has 216 valence electrons. The fourth-order valence-corrected chi connectivity index (χ4v) is 6.29. The predicted molar refractivity (Wildman–Crippen MR) is 176 cm³/mol. The van der Waals surface area contributed by atoms with E-state index in [1.54, 1.807) is 6.08 Å². The lowest BCUT2D eigenvalue weighted by atomic mass is 10.0. The molecule has 0 unspecified atom stereocenters. The van der Waals surface area contributed by atoms with Gasteiger partial charge in [-0.15, -0.1) is 0 Å². The molecule has 1 saturated heterocycles. The highest BCUT2D eigenvalue weighted by Gasteiger charge is 2.35. The molecule has 0 aromatic heterocycles. The highest BCUT2D eigenvalue weighted by molar-refractivity contribution is 8.18. The van der Waals surface area contributed by atoms with Gasteiger partial charge in [0.15, 0.2) is 0 Å². The number of thioether (sulfide) groups is 1. The summed E-state index contributed by atoms with van der Waals surface area (Å²) in [5, 5.41) is 3.98. The molecule has 1 heterocycles. The molecule has 5 aromatic carbocycles. The third kappa shape index (κ3) is 6.02. The second kappa shape index (κ2) is 12.4. The highest BCUT2D eigenvalue weighted by atomic mass is 32.2. The van der Waals surface area contributed by atoms with Crippen molar-refractivity contribution < 1.29 is 19.1 Å². The molecule has 0 saturated carbocycles. The first kappa shape index (κ1) is 28.6. The lowest BCUT2D eigenvalue weighted by Gasteiger charge is -2.17. The van der Waals surface area contributed by atoms with Gasteiger partial charge < -0.3 is 9.47 Å². The molecular weight excluding hydrogens is 554 g/mol. The van der Waals surface area contributed by atoms with Gasteiger partial charge in [0.05, 0.1) is 11.4 Å². The molecule has 2 amide bonds. The Kier molecular flexibility index (Phi) is 8.21. The summed E-state index contributed by atoms with van der Waals surface area (Å²) in [4.78, 5) is 28.1. The SMILES string of the molecule is Cc1ccc(C(C)C)c(OCCN2C(=O)S/C(=C\c3c(OCc4cccc5ccccc45)ccc4ccccc34)C2=O)c1. The Morgan fingerprint density at radius 1 is 0.791 bits per heavy atom. The summed E-state index contributed by atoms with van der Waals surface area (Å²) in [5.41, 5.74) is 4.06. The number of ether oxygens (including phenoxy) is 2. The van der Waals surface area contributed by atoms with Crippen LogP contribution >= 0.6 is 11.8 Å². The van der Waals surface area contributed by atoms with Crippen LogP contribution in [0.5, 0.6) is 11.5 Å². The lowest BCUT2D eigenvalue weighted by Crippen LogP contribution is -2.32. The minimum absolute atomic E-state index is 0.174. The molecule has 1 fully saturated rings. The Morgan fingerprint density at radius 2 is 1.51 bits per heavy atom. The molecule has 1 aliphatic heterocycles. The average Bonchev–Trinajstić information content (AvgIpc) is 3.28. The van der Waals surface area contributed by atoms with Gasteiger partial charge in [0, 0.05) is 5.56 Å². The van der Waals surface area contributed by atoms with Crippen LogP contribution < -0.4 is 9.47 Å². The van der Waals surface area contributed by atoms with Crippen LogP contribution in [-0.2, 0) is 11.4 Å². The van der Waals surface area contributed by atoms with Gasteiger partial charge in [0.2, 0.25) is 0 Å². The quantitative estimate of drug-likeness (QED) is 0.161. The van der Waals surface area contributed by atoms with Crippen molar-refractivity contribution in [2.45, 2.75) is 33.3 Å². The third-order valence-electron chi connectivity index (χ3n) is 7.71. The smallest absolute Gasteiger partial charge is 0.293 e. The number of amides is 2. The number of hydrogen-bond acceptors (Lipinski definition) is 5.